The third-order valence-corrected chi connectivity index (χ3v) is 5.33. The fraction of sp³-hybridized carbons (Fsp3) is 0.421. The molecule has 29 heavy (non-hydrogen) atoms. The van der Waals surface area contributed by atoms with Crippen LogP contribution in [0.25, 0.3) is 6.08 Å². The van der Waals surface area contributed by atoms with Gasteiger partial charge in [0.15, 0.2) is 11.5 Å². The Hall–Kier alpha value is -2.20. The fourth-order valence-electron chi connectivity index (χ4n) is 2.69. The van der Waals surface area contributed by atoms with Gasteiger partial charge in [0, 0.05) is 18.5 Å². The Morgan fingerprint density at radius 2 is 2.10 bits per heavy atom. The number of rotatable bonds is 11. The van der Waals surface area contributed by atoms with Crippen LogP contribution in [0.2, 0.25) is 0 Å². The number of carbonyl (C=O) groups is 2. The summed E-state index contributed by atoms with van der Waals surface area (Å²) in [5, 5.41) is 8.65. The molecule has 1 N–H and O–H groups in total. The van der Waals surface area contributed by atoms with E-state index in [-0.39, 0.29) is 30.4 Å². The number of carboxylic acid groups (broad SMARTS) is 1. The number of nitrogens with zero attached hydrogens (tertiary/aromatic N) is 1. The topological polar surface area (TPSA) is 76.1 Å². The van der Waals surface area contributed by atoms with Crippen molar-refractivity contribution in [2.45, 2.75) is 39.2 Å². The number of benzene rings is 1. The van der Waals surface area contributed by atoms with E-state index in [4.69, 9.17) is 22.1 Å². The van der Waals surface area contributed by atoms with Crippen molar-refractivity contribution in [1.29, 1.82) is 0 Å². The third-order valence-electron chi connectivity index (χ3n) is 3.95. The zero-order chi connectivity index (χ0) is 21.4. The van der Waals surface area contributed by atoms with Crippen molar-refractivity contribution < 1.29 is 33.0 Å². The molecule has 0 radical (unpaired) electrons. The molecular weight excluding hydrogens is 424 g/mol. The Morgan fingerprint density at radius 1 is 1.34 bits per heavy atom. The maximum atomic E-state index is 12.9. The van der Waals surface area contributed by atoms with Crippen LogP contribution in [0.3, 0.4) is 0 Å². The predicted octanol–water partition coefficient (Wildman–Crippen LogP) is 4.53. The molecule has 1 aromatic carbocycles. The monoisotopic (exact) mass is 445 g/mol. The Morgan fingerprint density at radius 3 is 2.76 bits per heavy atom. The van der Waals surface area contributed by atoms with Crippen LogP contribution < -0.4 is 9.47 Å². The maximum Gasteiger partial charge on any atom is 0.387 e. The Bertz CT molecular complexity index is 801. The molecular formula is C19H21F2NO5S2. The highest BCUT2D eigenvalue weighted by Crippen LogP contribution is 2.38. The molecule has 1 fully saturated rings. The van der Waals surface area contributed by atoms with Crippen LogP contribution in [0.1, 0.15) is 38.2 Å². The smallest absolute Gasteiger partial charge is 0.387 e. The van der Waals surface area contributed by atoms with Crippen molar-refractivity contribution in [2.24, 2.45) is 0 Å². The summed E-state index contributed by atoms with van der Waals surface area (Å²) in [6.07, 6.45) is 3.35. The molecule has 0 aliphatic carbocycles. The lowest BCUT2D eigenvalue weighted by Gasteiger charge is -2.14. The minimum Gasteiger partial charge on any atom is -0.490 e. The number of halogens is 2. The lowest BCUT2D eigenvalue weighted by Crippen LogP contribution is -2.29. The highest BCUT2D eigenvalue weighted by molar-refractivity contribution is 8.26. The molecule has 1 saturated heterocycles. The van der Waals surface area contributed by atoms with Crippen LogP contribution in [0.15, 0.2) is 23.1 Å². The summed E-state index contributed by atoms with van der Waals surface area (Å²) in [4.78, 5) is 24.9. The molecule has 2 rings (SSSR count). The number of hydrogen-bond donors (Lipinski definition) is 1. The molecule has 0 spiro atoms. The summed E-state index contributed by atoms with van der Waals surface area (Å²) in [5.41, 5.74) is 0.290. The molecule has 1 heterocycles. The van der Waals surface area contributed by atoms with E-state index >= 15 is 0 Å². The Kier molecular flexibility index (Phi) is 8.84. The van der Waals surface area contributed by atoms with Gasteiger partial charge < -0.3 is 14.6 Å². The van der Waals surface area contributed by atoms with Crippen LogP contribution in [-0.4, -0.2) is 46.0 Å². The van der Waals surface area contributed by atoms with Gasteiger partial charge in [0.05, 0.1) is 11.5 Å². The van der Waals surface area contributed by atoms with E-state index in [0.717, 1.165) is 11.8 Å². The van der Waals surface area contributed by atoms with Crippen LogP contribution >= 0.6 is 24.0 Å². The number of thioether (sulfide) groups is 1. The molecule has 0 bridgehead atoms. The van der Waals surface area contributed by atoms with E-state index in [1.165, 1.54) is 17.0 Å². The first kappa shape index (κ1) is 23.1. The lowest BCUT2D eigenvalue weighted by molar-refractivity contribution is -0.137. The molecule has 6 nitrogen and oxygen atoms in total. The molecule has 0 saturated carbocycles. The number of alkyl halides is 2. The number of unbranched alkanes of at least 4 members (excludes halogenated alkanes) is 2. The summed E-state index contributed by atoms with van der Waals surface area (Å²) in [6.45, 7) is -0.668. The second kappa shape index (κ2) is 11.1. The van der Waals surface area contributed by atoms with Gasteiger partial charge in [-0.1, -0.05) is 42.5 Å². The van der Waals surface area contributed by atoms with Crippen molar-refractivity contribution in [3.05, 3.63) is 28.7 Å². The minimum atomic E-state index is -3.04. The van der Waals surface area contributed by atoms with Gasteiger partial charge in [-0.3, -0.25) is 14.5 Å². The number of ether oxygens (including phenoxy) is 2. The van der Waals surface area contributed by atoms with E-state index in [1.54, 1.807) is 19.1 Å². The maximum absolute atomic E-state index is 12.9. The molecule has 10 heteroatoms. The van der Waals surface area contributed by atoms with E-state index in [0.29, 0.717) is 40.6 Å². The molecule has 1 aliphatic rings. The molecule has 0 aromatic heterocycles. The summed E-state index contributed by atoms with van der Waals surface area (Å²) in [7, 11) is 0. The first-order valence-corrected chi connectivity index (χ1v) is 10.2. The second-order valence-corrected chi connectivity index (χ2v) is 7.70. The molecule has 1 aliphatic heterocycles. The second-order valence-electron chi connectivity index (χ2n) is 6.02. The van der Waals surface area contributed by atoms with Gasteiger partial charge in [0.25, 0.3) is 5.91 Å². The van der Waals surface area contributed by atoms with Gasteiger partial charge in [0.2, 0.25) is 0 Å². The van der Waals surface area contributed by atoms with Crippen molar-refractivity contribution in [1.82, 2.24) is 4.90 Å². The van der Waals surface area contributed by atoms with E-state index in [9.17, 15) is 18.4 Å². The summed E-state index contributed by atoms with van der Waals surface area (Å²) < 4.78 is 36.0. The van der Waals surface area contributed by atoms with Crippen molar-refractivity contribution in [3.8, 4) is 11.5 Å². The average molecular weight is 446 g/mol. The molecule has 158 valence electrons. The molecule has 0 atom stereocenters. The molecule has 0 unspecified atom stereocenters. The molecule has 1 amide bonds. The van der Waals surface area contributed by atoms with Crippen LogP contribution in [0, 0.1) is 0 Å². The lowest BCUT2D eigenvalue weighted by atomic mass is 10.1. The van der Waals surface area contributed by atoms with Gasteiger partial charge in [-0.15, -0.1) is 0 Å². The first-order chi connectivity index (χ1) is 13.8. The largest absolute Gasteiger partial charge is 0.490 e. The summed E-state index contributed by atoms with van der Waals surface area (Å²) >= 11 is 6.34. The van der Waals surface area contributed by atoms with Gasteiger partial charge in [-0.2, -0.15) is 8.78 Å². The number of carbonyl (C=O) groups excluding carboxylic acids is 1. The average Bonchev–Trinajstić information content (AvgIpc) is 2.91. The van der Waals surface area contributed by atoms with Crippen molar-refractivity contribution in [2.75, 3.05) is 13.2 Å². The number of thiocarbonyl (C=S) groups is 1. The summed E-state index contributed by atoms with van der Waals surface area (Å²) in [6, 6.07) is 4.69. The van der Waals surface area contributed by atoms with Crippen molar-refractivity contribution >= 4 is 46.3 Å². The Labute approximate surface area is 176 Å². The number of hydrogen-bond acceptors (Lipinski definition) is 6. The zero-order valence-corrected chi connectivity index (χ0v) is 17.4. The van der Waals surface area contributed by atoms with Crippen LogP contribution in [0.4, 0.5) is 8.78 Å². The van der Waals surface area contributed by atoms with E-state index < -0.39 is 12.6 Å². The standard InChI is InChI=1S/C19H21F2NO5S2/c1-2-26-13-8-6-7-12(16(13)27-18(20)21)11-14-17(25)22(19(28)29-14)10-5-3-4-9-15(23)24/h6-8,11,18H,2-5,9-10H2,1H3,(H,23,24)/b14-11-. The Balaban J connectivity index is 2.14. The number of para-hydroxylation sites is 1. The van der Waals surface area contributed by atoms with Crippen molar-refractivity contribution in [3.63, 3.8) is 0 Å². The third kappa shape index (κ3) is 6.67. The predicted molar refractivity (Wildman–Crippen MR) is 110 cm³/mol. The fourth-order valence-corrected chi connectivity index (χ4v) is 3.99. The van der Waals surface area contributed by atoms with E-state index in [2.05, 4.69) is 4.74 Å². The number of carboxylic acids is 1. The normalized spacial score (nSPS) is 15.4. The van der Waals surface area contributed by atoms with Gasteiger partial charge in [0.1, 0.15) is 4.32 Å². The van der Waals surface area contributed by atoms with Crippen LogP contribution in [0.5, 0.6) is 11.5 Å². The van der Waals surface area contributed by atoms with E-state index in [1.807, 2.05) is 0 Å². The first-order valence-electron chi connectivity index (χ1n) is 9.01. The van der Waals surface area contributed by atoms with Crippen LogP contribution in [-0.2, 0) is 9.59 Å². The highest BCUT2D eigenvalue weighted by Gasteiger charge is 2.32. The molecule has 1 aromatic rings. The SMILES string of the molecule is CCOc1cccc(/C=C2\SC(=S)N(CCCCCC(=O)O)C2=O)c1OC(F)F. The summed E-state index contributed by atoms with van der Waals surface area (Å²) in [5.74, 6) is -1.14. The van der Waals surface area contributed by atoms with Gasteiger partial charge >= 0.3 is 12.6 Å². The highest BCUT2D eigenvalue weighted by atomic mass is 32.2. The number of amides is 1. The zero-order valence-electron chi connectivity index (χ0n) is 15.7. The van der Waals surface area contributed by atoms with Gasteiger partial charge in [-0.05, 0) is 31.9 Å². The number of aliphatic carboxylic acids is 1. The quantitative estimate of drug-likeness (QED) is 0.305. The minimum absolute atomic E-state index is 0.0847. The van der Waals surface area contributed by atoms with Gasteiger partial charge in [-0.25, -0.2) is 0 Å².